The van der Waals surface area contributed by atoms with Gasteiger partial charge in [-0.25, -0.2) is 4.79 Å². The minimum Gasteiger partial charge on any atom is -0.457 e. The van der Waals surface area contributed by atoms with Gasteiger partial charge >= 0.3 is 5.97 Å². The molecule has 164 valence electrons. The van der Waals surface area contributed by atoms with Crippen molar-refractivity contribution in [3.63, 3.8) is 0 Å². The molecule has 0 radical (unpaired) electrons. The van der Waals surface area contributed by atoms with E-state index in [2.05, 4.69) is 6.92 Å². The van der Waals surface area contributed by atoms with Gasteiger partial charge in [-0.15, -0.1) is 0 Å². The quantitative estimate of drug-likeness (QED) is 0.588. The number of furan rings is 1. The van der Waals surface area contributed by atoms with Crippen LogP contribution in [0.2, 0.25) is 0 Å². The molecule has 0 bridgehead atoms. The first-order chi connectivity index (χ1) is 14.7. The lowest BCUT2D eigenvalue weighted by Gasteiger charge is -2.59. The van der Waals surface area contributed by atoms with Gasteiger partial charge in [0.15, 0.2) is 17.7 Å². The number of hydrogen-bond donors (Lipinski definition) is 1. The Labute approximate surface area is 181 Å². The van der Waals surface area contributed by atoms with Gasteiger partial charge in [0.25, 0.3) is 0 Å². The standard InChI is InChI=1S/C25H28O6/c1-23-9-7-16(27)12-15(23)5-6-17-18-8-10-25(14-26,24(18,2)13-19(28)21(17)23)31-22(29)20-4-3-11-30-20/h3-4,7,9,11-12,14,17-19,21,28H,5-6,8,10,13H2,1-2H3/t17?,18?,19-,21?,23?,24?,25-/m0/s1. The third-order valence-corrected chi connectivity index (χ3v) is 8.87. The molecule has 4 aliphatic carbocycles. The number of aliphatic hydroxyl groups is 1. The molecular weight excluding hydrogens is 396 g/mol. The molecule has 5 rings (SSSR count). The van der Waals surface area contributed by atoms with E-state index < -0.39 is 23.1 Å². The fourth-order valence-electron chi connectivity index (χ4n) is 7.34. The lowest BCUT2D eigenvalue weighted by Crippen LogP contribution is -2.60. The second kappa shape index (κ2) is 6.76. The number of esters is 1. The molecule has 31 heavy (non-hydrogen) atoms. The molecule has 0 spiro atoms. The van der Waals surface area contributed by atoms with Crippen LogP contribution in [0.25, 0.3) is 0 Å². The molecule has 1 N–H and O–H groups in total. The van der Waals surface area contributed by atoms with Crippen molar-refractivity contribution in [2.75, 3.05) is 0 Å². The summed E-state index contributed by atoms with van der Waals surface area (Å²) < 4.78 is 11.0. The number of carbonyl (C=O) groups excluding carboxylic acids is 3. The van der Waals surface area contributed by atoms with Crippen molar-refractivity contribution >= 4 is 18.0 Å². The number of carbonyl (C=O) groups is 3. The number of fused-ring (bicyclic) bond motifs is 5. The average Bonchev–Trinajstić information content (AvgIpc) is 3.35. The van der Waals surface area contributed by atoms with Gasteiger partial charge in [-0.1, -0.05) is 25.5 Å². The topological polar surface area (TPSA) is 93.8 Å². The highest BCUT2D eigenvalue weighted by Gasteiger charge is 2.68. The van der Waals surface area contributed by atoms with Crippen LogP contribution in [0.4, 0.5) is 0 Å². The van der Waals surface area contributed by atoms with Gasteiger partial charge < -0.3 is 14.3 Å². The minimum atomic E-state index is -1.29. The molecule has 6 nitrogen and oxygen atoms in total. The summed E-state index contributed by atoms with van der Waals surface area (Å²) in [5, 5.41) is 11.4. The molecule has 0 amide bonds. The normalized spacial score (nSPS) is 43.5. The summed E-state index contributed by atoms with van der Waals surface area (Å²) in [6.07, 6.45) is 10.0. The highest BCUT2D eigenvalue weighted by molar-refractivity contribution is 6.01. The summed E-state index contributed by atoms with van der Waals surface area (Å²) in [5.74, 6) is -0.285. The first kappa shape index (κ1) is 20.4. The van der Waals surface area contributed by atoms with E-state index in [1.54, 1.807) is 18.2 Å². The van der Waals surface area contributed by atoms with Crippen molar-refractivity contribution in [1.82, 2.24) is 0 Å². The Bertz CT molecular complexity index is 990. The fourth-order valence-corrected chi connectivity index (χ4v) is 7.34. The van der Waals surface area contributed by atoms with Gasteiger partial charge in [-0.2, -0.15) is 0 Å². The van der Waals surface area contributed by atoms with E-state index in [1.165, 1.54) is 12.3 Å². The van der Waals surface area contributed by atoms with Crippen molar-refractivity contribution < 1.29 is 28.6 Å². The monoisotopic (exact) mass is 424 g/mol. The summed E-state index contributed by atoms with van der Waals surface area (Å²) in [6.45, 7) is 4.10. The highest BCUT2D eigenvalue weighted by Crippen LogP contribution is 2.67. The molecule has 6 heteroatoms. The molecule has 1 aromatic heterocycles. The molecule has 0 aromatic carbocycles. The maximum absolute atomic E-state index is 12.7. The molecule has 3 saturated carbocycles. The van der Waals surface area contributed by atoms with Gasteiger partial charge in [-0.3, -0.25) is 9.59 Å². The number of ketones is 1. The number of hydrogen-bond acceptors (Lipinski definition) is 6. The first-order valence-electron chi connectivity index (χ1n) is 11.1. The zero-order chi connectivity index (χ0) is 22.0. The minimum absolute atomic E-state index is 0.00624. The van der Waals surface area contributed by atoms with E-state index in [0.29, 0.717) is 12.8 Å². The van der Waals surface area contributed by atoms with Crippen LogP contribution in [0, 0.1) is 28.6 Å². The summed E-state index contributed by atoms with van der Waals surface area (Å²) in [6, 6.07) is 3.13. The molecule has 0 saturated heterocycles. The molecule has 7 atom stereocenters. The maximum Gasteiger partial charge on any atom is 0.375 e. The SMILES string of the molecule is CC12C=CC(=O)C=C1CCC1C2[C@@H](O)CC2(C)C1CC[C@@]2(C=O)OC(=O)c1ccco1. The van der Waals surface area contributed by atoms with E-state index in [4.69, 9.17) is 9.15 Å². The Morgan fingerprint density at radius 2 is 2.13 bits per heavy atom. The highest BCUT2D eigenvalue weighted by atomic mass is 16.6. The summed E-state index contributed by atoms with van der Waals surface area (Å²) in [7, 11) is 0. The van der Waals surface area contributed by atoms with Crippen LogP contribution in [0.5, 0.6) is 0 Å². The zero-order valence-electron chi connectivity index (χ0n) is 17.9. The Kier molecular flexibility index (Phi) is 4.46. The van der Waals surface area contributed by atoms with Gasteiger partial charge in [0.1, 0.15) is 0 Å². The molecule has 1 heterocycles. The van der Waals surface area contributed by atoms with Crippen molar-refractivity contribution in [3.05, 3.63) is 48.0 Å². The summed E-state index contributed by atoms with van der Waals surface area (Å²) >= 11 is 0. The second-order valence-corrected chi connectivity index (χ2v) is 10.1. The molecule has 5 unspecified atom stereocenters. The Hall–Kier alpha value is -2.47. The lowest BCUT2D eigenvalue weighted by molar-refractivity contribution is -0.169. The largest absolute Gasteiger partial charge is 0.457 e. The third kappa shape index (κ3) is 2.70. The number of allylic oxidation sites excluding steroid dienone is 4. The average molecular weight is 424 g/mol. The van der Waals surface area contributed by atoms with Crippen LogP contribution in [0.3, 0.4) is 0 Å². The second-order valence-electron chi connectivity index (χ2n) is 10.1. The maximum atomic E-state index is 12.7. The molecule has 3 fully saturated rings. The van der Waals surface area contributed by atoms with Crippen LogP contribution in [0.15, 0.2) is 46.6 Å². The molecular formula is C25H28O6. The fraction of sp³-hybridized carbons (Fsp3) is 0.560. The number of aldehydes is 1. The lowest BCUT2D eigenvalue weighted by atomic mass is 9.46. The van der Waals surface area contributed by atoms with Crippen molar-refractivity contribution in [1.29, 1.82) is 0 Å². The van der Waals surface area contributed by atoms with Crippen LogP contribution in [-0.4, -0.2) is 34.9 Å². The predicted molar refractivity (Wildman–Crippen MR) is 111 cm³/mol. The van der Waals surface area contributed by atoms with E-state index in [9.17, 15) is 19.5 Å². The van der Waals surface area contributed by atoms with Crippen LogP contribution in [0.1, 0.15) is 56.5 Å². The van der Waals surface area contributed by atoms with E-state index in [0.717, 1.165) is 31.1 Å². The first-order valence-corrected chi connectivity index (χ1v) is 11.1. The van der Waals surface area contributed by atoms with Crippen LogP contribution < -0.4 is 0 Å². The van der Waals surface area contributed by atoms with Gasteiger partial charge in [0.05, 0.1) is 12.4 Å². The smallest absolute Gasteiger partial charge is 0.375 e. The summed E-state index contributed by atoms with van der Waals surface area (Å²) in [5.41, 5.74) is -1.23. The van der Waals surface area contributed by atoms with Gasteiger partial charge in [0, 0.05) is 16.7 Å². The molecule has 1 aromatic rings. The van der Waals surface area contributed by atoms with E-state index >= 15 is 0 Å². The zero-order valence-corrected chi connectivity index (χ0v) is 17.9. The van der Waals surface area contributed by atoms with Crippen molar-refractivity contribution in [2.24, 2.45) is 28.6 Å². The van der Waals surface area contributed by atoms with Crippen molar-refractivity contribution in [2.45, 2.75) is 57.7 Å². The molecule has 4 aliphatic rings. The van der Waals surface area contributed by atoms with Crippen LogP contribution in [-0.2, 0) is 14.3 Å². The summed E-state index contributed by atoms with van der Waals surface area (Å²) in [4.78, 5) is 37.1. The van der Waals surface area contributed by atoms with Crippen LogP contribution >= 0.6 is 0 Å². The Balaban J connectivity index is 1.50. The Morgan fingerprint density at radius 3 is 2.84 bits per heavy atom. The van der Waals surface area contributed by atoms with Gasteiger partial charge in [0.2, 0.25) is 5.76 Å². The number of ether oxygens (including phenoxy) is 1. The van der Waals surface area contributed by atoms with Crippen molar-refractivity contribution in [3.8, 4) is 0 Å². The molecule has 0 aliphatic heterocycles. The third-order valence-electron chi connectivity index (χ3n) is 8.87. The van der Waals surface area contributed by atoms with E-state index in [1.807, 2.05) is 13.0 Å². The number of rotatable bonds is 3. The number of aliphatic hydroxyl groups excluding tert-OH is 1. The Morgan fingerprint density at radius 1 is 1.32 bits per heavy atom. The van der Waals surface area contributed by atoms with Gasteiger partial charge in [-0.05, 0) is 68.2 Å². The van der Waals surface area contributed by atoms with E-state index in [-0.39, 0.29) is 34.7 Å². The predicted octanol–water partition coefficient (Wildman–Crippen LogP) is 3.65.